The molecule has 1 N–H and O–H groups in total. The van der Waals surface area contributed by atoms with Gasteiger partial charge in [-0.25, -0.2) is 4.79 Å². The number of hydrogen-bond acceptors (Lipinski definition) is 5. The smallest absolute Gasteiger partial charge is 0.330 e. The summed E-state index contributed by atoms with van der Waals surface area (Å²) in [7, 11) is 0. The zero-order valence-electron chi connectivity index (χ0n) is 10.2. The number of esters is 1. The van der Waals surface area contributed by atoms with Crippen LogP contribution < -0.4 is 5.32 Å². The molecule has 0 aliphatic carbocycles. The van der Waals surface area contributed by atoms with Gasteiger partial charge in [-0.15, -0.1) is 10.2 Å². The fraction of sp³-hybridized carbons (Fsp3) is 0.545. The van der Waals surface area contributed by atoms with Crippen molar-refractivity contribution in [3.8, 4) is 0 Å². The Morgan fingerprint density at radius 2 is 2.41 bits per heavy atom. The predicted molar refractivity (Wildman–Crippen MR) is 63.2 cm³/mol. The summed E-state index contributed by atoms with van der Waals surface area (Å²) in [6.07, 6.45) is 4.84. The monoisotopic (exact) mass is 238 g/mol. The lowest BCUT2D eigenvalue weighted by Crippen LogP contribution is -2.17. The van der Waals surface area contributed by atoms with E-state index in [9.17, 15) is 4.79 Å². The van der Waals surface area contributed by atoms with Crippen LogP contribution >= 0.6 is 0 Å². The van der Waals surface area contributed by atoms with Crippen LogP contribution in [0.4, 0.5) is 0 Å². The molecule has 0 aliphatic rings. The molecule has 1 aromatic rings. The summed E-state index contributed by atoms with van der Waals surface area (Å²) in [6.45, 7) is 6.28. The van der Waals surface area contributed by atoms with Gasteiger partial charge in [-0.2, -0.15) is 0 Å². The van der Waals surface area contributed by atoms with Gasteiger partial charge in [0.2, 0.25) is 0 Å². The van der Waals surface area contributed by atoms with E-state index in [-0.39, 0.29) is 5.97 Å². The molecule has 0 fully saturated rings. The van der Waals surface area contributed by atoms with E-state index < -0.39 is 0 Å². The van der Waals surface area contributed by atoms with Crippen LogP contribution in [0, 0.1) is 0 Å². The van der Waals surface area contributed by atoms with Crippen molar-refractivity contribution >= 4 is 5.97 Å². The Morgan fingerprint density at radius 3 is 3.12 bits per heavy atom. The van der Waals surface area contributed by atoms with E-state index in [0.717, 1.165) is 12.4 Å². The first-order valence-electron chi connectivity index (χ1n) is 5.68. The molecule has 0 amide bonds. The van der Waals surface area contributed by atoms with E-state index >= 15 is 0 Å². The quantitative estimate of drug-likeness (QED) is 0.426. The fourth-order valence-corrected chi connectivity index (χ4v) is 1.29. The SMILES string of the molecule is CCOC(=O)/C=C/CNCc1nncn1CC. The average molecular weight is 238 g/mol. The first kappa shape index (κ1) is 13.4. The number of hydrogen-bond donors (Lipinski definition) is 1. The first-order valence-corrected chi connectivity index (χ1v) is 5.68. The summed E-state index contributed by atoms with van der Waals surface area (Å²) < 4.78 is 6.71. The Hall–Kier alpha value is -1.69. The maximum Gasteiger partial charge on any atom is 0.330 e. The average Bonchev–Trinajstić information content (AvgIpc) is 2.76. The van der Waals surface area contributed by atoms with Crippen molar-refractivity contribution < 1.29 is 9.53 Å². The van der Waals surface area contributed by atoms with Gasteiger partial charge in [0.05, 0.1) is 13.2 Å². The Kier molecular flexibility index (Phi) is 5.95. The minimum absolute atomic E-state index is 0.314. The first-order chi connectivity index (χ1) is 8.27. The largest absolute Gasteiger partial charge is 0.463 e. The Balaban J connectivity index is 2.22. The highest BCUT2D eigenvalue weighted by molar-refractivity contribution is 5.81. The van der Waals surface area contributed by atoms with Crippen LogP contribution in [0.3, 0.4) is 0 Å². The van der Waals surface area contributed by atoms with Gasteiger partial charge in [0, 0.05) is 19.2 Å². The molecule has 1 heterocycles. The van der Waals surface area contributed by atoms with Crippen molar-refractivity contribution in [3.63, 3.8) is 0 Å². The summed E-state index contributed by atoms with van der Waals surface area (Å²) in [4.78, 5) is 11.0. The maximum atomic E-state index is 11.0. The molecular weight excluding hydrogens is 220 g/mol. The van der Waals surface area contributed by atoms with E-state index in [1.54, 1.807) is 19.3 Å². The van der Waals surface area contributed by atoms with Crippen LogP contribution in [0.1, 0.15) is 19.7 Å². The zero-order valence-corrected chi connectivity index (χ0v) is 10.2. The molecule has 6 nitrogen and oxygen atoms in total. The number of carbonyl (C=O) groups excluding carboxylic acids is 1. The third-order valence-corrected chi connectivity index (χ3v) is 2.12. The molecule has 0 radical (unpaired) electrons. The lowest BCUT2D eigenvalue weighted by atomic mass is 10.4. The van der Waals surface area contributed by atoms with Crippen LogP contribution in [0.25, 0.3) is 0 Å². The normalized spacial score (nSPS) is 10.9. The summed E-state index contributed by atoms with van der Waals surface area (Å²) in [5.41, 5.74) is 0. The topological polar surface area (TPSA) is 69.0 Å². The van der Waals surface area contributed by atoms with Gasteiger partial charge in [0.1, 0.15) is 12.2 Å². The molecule has 6 heteroatoms. The predicted octanol–water partition coefficient (Wildman–Crippen LogP) is 0.507. The van der Waals surface area contributed by atoms with Crippen molar-refractivity contribution in [2.45, 2.75) is 26.9 Å². The van der Waals surface area contributed by atoms with Crippen molar-refractivity contribution in [3.05, 3.63) is 24.3 Å². The second kappa shape index (κ2) is 7.56. The van der Waals surface area contributed by atoms with Gasteiger partial charge in [-0.05, 0) is 13.8 Å². The van der Waals surface area contributed by atoms with Crippen LogP contribution in [0.5, 0.6) is 0 Å². The van der Waals surface area contributed by atoms with Gasteiger partial charge < -0.3 is 14.6 Å². The van der Waals surface area contributed by atoms with E-state index in [4.69, 9.17) is 4.74 Å². The third kappa shape index (κ3) is 4.78. The molecule has 0 saturated carbocycles. The number of nitrogens with one attached hydrogen (secondary N) is 1. The summed E-state index contributed by atoms with van der Waals surface area (Å²) in [5, 5.41) is 11.0. The molecule has 0 unspecified atom stereocenters. The lowest BCUT2D eigenvalue weighted by Gasteiger charge is -2.03. The summed E-state index contributed by atoms with van der Waals surface area (Å²) in [5.74, 6) is 0.572. The van der Waals surface area contributed by atoms with Gasteiger partial charge in [-0.1, -0.05) is 6.08 Å². The Labute approximate surface area is 101 Å². The number of aryl methyl sites for hydroxylation is 1. The number of carbonyl (C=O) groups is 1. The minimum atomic E-state index is -0.314. The number of nitrogens with zero attached hydrogens (tertiary/aromatic N) is 3. The third-order valence-electron chi connectivity index (χ3n) is 2.12. The molecular formula is C11H18N4O2. The molecule has 0 bridgehead atoms. The van der Waals surface area contributed by atoms with Gasteiger partial charge in [0.25, 0.3) is 0 Å². The molecule has 1 aromatic heterocycles. The van der Waals surface area contributed by atoms with E-state index in [1.165, 1.54) is 6.08 Å². The van der Waals surface area contributed by atoms with Gasteiger partial charge >= 0.3 is 5.97 Å². The van der Waals surface area contributed by atoms with Gasteiger partial charge in [0.15, 0.2) is 0 Å². The minimum Gasteiger partial charge on any atom is -0.463 e. The Bertz CT molecular complexity index is 373. The zero-order chi connectivity index (χ0) is 12.5. The molecule has 0 aliphatic heterocycles. The van der Waals surface area contributed by atoms with E-state index in [0.29, 0.717) is 19.7 Å². The van der Waals surface area contributed by atoms with Crippen LogP contribution in [0.15, 0.2) is 18.5 Å². The second-order valence-corrected chi connectivity index (χ2v) is 3.32. The molecule has 94 valence electrons. The highest BCUT2D eigenvalue weighted by Crippen LogP contribution is 1.93. The number of ether oxygens (including phenoxy) is 1. The van der Waals surface area contributed by atoms with E-state index in [2.05, 4.69) is 15.5 Å². The highest BCUT2D eigenvalue weighted by atomic mass is 16.5. The standard InChI is InChI=1S/C11H18N4O2/c1-3-15-9-13-14-10(15)8-12-7-5-6-11(16)17-4-2/h5-6,9,12H,3-4,7-8H2,1-2H3/b6-5+. The Morgan fingerprint density at radius 1 is 1.59 bits per heavy atom. The van der Waals surface area contributed by atoms with Crippen molar-refractivity contribution in [2.24, 2.45) is 0 Å². The van der Waals surface area contributed by atoms with Gasteiger partial charge in [-0.3, -0.25) is 0 Å². The fourth-order valence-electron chi connectivity index (χ4n) is 1.29. The highest BCUT2D eigenvalue weighted by Gasteiger charge is 2.00. The van der Waals surface area contributed by atoms with Crippen molar-refractivity contribution in [1.29, 1.82) is 0 Å². The van der Waals surface area contributed by atoms with Crippen molar-refractivity contribution in [2.75, 3.05) is 13.2 Å². The molecule has 0 atom stereocenters. The summed E-state index contributed by atoms with van der Waals surface area (Å²) in [6, 6.07) is 0. The molecule has 1 rings (SSSR count). The maximum absolute atomic E-state index is 11.0. The summed E-state index contributed by atoms with van der Waals surface area (Å²) >= 11 is 0. The van der Waals surface area contributed by atoms with Crippen LogP contribution in [-0.4, -0.2) is 33.9 Å². The second-order valence-electron chi connectivity index (χ2n) is 3.32. The van der Waals surface area contributed by atoms with Crippen LogP contribution in [-0.2, 0) is 22.6 Å². The van der Waals surface area contributed by atoms with Crippen LogP contribution in [0.2, 0.25) is 0 Å². The number of aromatic nitrogens is 3. The molecule has 0 spiro atoms. The molecule has 0 aromatic carbocycles. The molecule has 0 saturated heterocycles. The molecule has 17 heavy (non-hydrogen) atoms. The van der Waals surface area contributed by atoms with Crippen molar-refractivity contribution in [1.82, 2.24) is 20.1 Å². The lowest BCUT2D eigenvalue weighted by molar-refractivity contribution is -0.137. The van der Waals surface area contributed by atoms with E-state index in [1.807, 2.05) is 11.5 Å². The number of rotatable bonds is 7.